The molecule has 0 aliphatic carbocycles. The van der Waals surface area contributed by atoms with Crippen molar-refractivity contribution in [1.82, 2.24) is 9.99 Å². The fourth-order valence-corrected chi connectivity index (χ4v) is 4.24. The van der Waals surface area contributed by atoms with E-state index in [1.54, 1.807) is 0 Å². The number of likely N-dealkylation sites (tertiary alicyclic amines) is 1. The Labute approximate surface area is 198 Å². The quantitative estimate of drug-likeness (QED) is 0.361. The van der Waals surface area contributed by atoms with Crippen molar-refractivity contribution in [2.45, 2.75) is 38.3 Å². The van der Waals surface area contributed by atoms with E-state index in [0.29, 0.717) is 25.8 Å². The Hall–Kier alpha value is 0.310. The molecule has 26 heavy (non-hydrogen) atoms. The van der Waals surface area contributed by atoms with E-state index < -0.39 is 31.5 Å². The van der Waals surface area contributed by atoms with Crippen LogP contribution in [0.4, 0.5) is 0 Å². The molecular weight excluding hydrogens is 377 g/mol. The predicted octanol–water partition coefficient (Wildman–Crippen LogP) is -6.49. The summed E-state index contributed by atoms with van der Waals surface area (Å²) < 4.78 is 12.2. The van der Waals surface area contributed by atoms with Crippen molar-refractivity contribution in [3.05, 3.63) is 35.9 Å². The Bertz CT molecular complexity index is 647. The van der Waals surface area contributed by atoms with E-state index in [9.17, 15) is 24.2 Å². The monoisotopic (exact) mass is 398 g/mol. The van der Waals surface area contributed by atoms with Crippen molar-refractivity contribution in [3.63, 3.8) is 0 Å². The average molecular weight is 398 g/mol. The van der Waals surface area contributed by atoms with Gasteiger partial charge in [0.25, 0.3) is 0 Å². The summed E-state index contributed by atoms with van der Waals surface area (Å²) in [6.07, 6.45) is 1.14. The molecule has 0 radical (unpaired) electrons. The van der Waals surface area contributed by atoms with Crippen LogP contribution in [0.25, 0.3) is 0 Å². The van der Waals surface area contributed by atoms with Crippen LogP contribution >= 0.6 is 7.52 Å². The van der Waals surface area contributed by atoms with Crippen LogP contribution in [-0.4, -0.2) is 41.6 Å². The van der Waals surface area contributed by atoms with Gasteiger partial charge in [0.1, 0.15) is 0 Å². The number of nitrogens with one attached hydrogen (secondary N) is 1. The number of hydrogen-bond acceptors (Lipinski definition) is 5. The topological polar surface area (TPSA) is 113 Å². The Kier molecular flexibility index (Phi) is 12.1. The van der Waals surface area contributed by atoms with Crippen molar-refractivity contribution >= 4 is 19.4 Å². The maximum atomic E-state index is 12.3. The maximum absolute atomic E-state index is 12.3. The second-order valence-electron chi connectivity index (χ2n) is 5.99. The third kappa shape index (κ3) is 7.74. The number of rotatable bonds is 7. The molecule has 1 heterocycles. The van der Waals surface area contributed by atoms with Crippen LogP contribution in [-0.2, 0) is 20.6 Å². The summed E-state index contributed by atoms with van der Waals surface area (Å²) in [5.74, 6) is -1.83. The molecule has 1 aromatic carbocycles. The summed E-state index contributed by atoms with van der Waals surface area (Å²) in [4.78, 5) is 36.7. The number of carbonyl (C=O) groups excluding carboxylic acids is 2. The van der Waals surface area contributed by atoms with Crippen molar-refractivity contribution in [2.24, 2.45) is 0 Å². The number of benzene rings is 1. The molecular formula is C16H21N2Na2O5P. The number of nitrogens with zero attached hydrogens (tertiary/aromatic N) is 1. The Morgan fingerprint density at radius 3 is 2.50 bits per heavy atom. The summed E-state index contributed by atoms with van der Waals surface area (Å²) in [6, 6.07) is 7.22. The van der Waals surface area contributed by atoms with Crippen LogP contribution in [0, 0.1) is 0 Å². The standard InChI is InChI=1S/C16H23N2O5P.2Na/c1-12(15(19)18-10-5-8-14(18)16(20)21)17-24(22,23)11-9-13-6-3-2-4-7-13;;/h2-4,6-7,12,14H,5,8-11H2,1H3,(H,20,21)(H2,17,22,23);;/q;2*+1/p-2/t12-,14-;;/m0../s1. The van der Waals surface area contributed by atoms with Gasteiger partial charge in [0.15, 0.2) is 0 Å². The zero-order valence-electron chi connectivity index (χ0n) is 15.5. The number of hydrogen-bond donors (Lipinski definition) is 1. The van der Waals surface area contributed by atoms with Gasteiger partial charge in [-0.15, -0.1) is 0 Å². The summed E-state index contributed by atoms with van der Waals surface area (Å²) in [5.41, 5.74) is 0.894. The smallest absolute Gasteiger partial charge is 0.788 e. The normalized spacial score (nSPS) is 19.6. The van der Waals surface area contributed by atoms with Gasteiger partial charge in [0.05, 0.1) is 25.6 Å². The molecule has 1 aliphatic heterocycles. The molecule has 1 unspecified atom stereocenters. The molecule has 1 N–H and O–H groups in total. The van der Waals surface area contributed by atoms with Gasteiger partial charge in [0.2, 0.25) is 5.91 Å². The maximum Gasteiger partial charge on any atom is 1.00 e. The van der Waals surface area contributed by atoms with E-state index in [-0.39, 0.29) is 65.3 Å². The molecule has 1 aliphatic rings. The van der Waals surface area contributed by atoms with Gasteiger partial charge in [-0.25, -0.2) is 0 Å². The first-order chi connectivity index (χ1) is 11.3. The van der Waals surface area contributed by atoms with Gasteiger partial charge in [-0.2, -0.15) is 0 Å². The first-order valence-electron chi connectivity index (χ1n) is 7.93. The summed E-state index contributed by atoms with van der Waals surface area (Å²) in [6.45, 7) is 1.73. The molecule has 0 bridgehead atoms. The second-order valence-corrected chi connectivity index (χ2v) is 8.04. The second kappa shape index (κ2) is 12.0. The zero-order chi connectivity index (χ0) is 17.7. The van der Waals surface area contributed by atoms with Crippen LogP contribution in [0.1, 0.15) is 25.3 Å². The molecule has 1 fully saturated rings. The van der Waals surface area contributed by atoms with Crippen molar-refractivity contribution in [2.75, 3.05) is 12.7 Å². The van der Waals surface area contributed by atoms with Gasteiger partial charge < -0.3 is 24.3 Å². The minimum Gasteiger partial charge on any atom is -0.788 e. The van der Waals surface area contributed by atoms with Crippen LogP contribution in [0.2, 0.25) is 0 Å². The fourth-order valence-electron chi connectivity index (χ4n) is 2.86. The van der Waals surface area contributed by atoms with E-state index in [1.165, 1.54) is 11.8 Å². The van der Waals surface area contributed by atoms with Crippen molar-refractivity contribution in [1.29, 1.82) is 0 Å². The first-order valence-corrected chi connectivity index (χ1v) is 9.74. The number of carboxylic acid groups (broad SMARTS) is 1. The van der Waals surface area contributed by atoms with Gasteiger partial charge in [-0.05, 0) is 31.7 Å². The van der Waals surface area contributed by atoms with E-state index in [1.807, 2.05) is 30.3 Å². The average Bonchev–Trinajstić information content (AvgIpc) is 3.02. The molecule has 1 saturated heterocycles. The molecule has 0 saturated carbocycles. The number of carbonyl (C=O) groups is 2. The molecule has 7 nitrogen and oxygen atoms in total. The van der Waals surface area contributed by atoms with Crippen LogP contribution in [0.15, 0.2) is 30.3 Å². The third-order valence-electron chi connectivity index (χ3n) is 4.11. The number of aryl methyl sites for hydroxylation is 1. The van der Waals surface area contributed by atoms with Crippen molar-refractivity contribution in [3.8, 4) is 0 Å². The minimum absolute atomic E-state index is 0. The molecule has 0 aromatic heterocycles. The molecule has 132 valence electrons. The SMILES string of the molecule is C[C@H](NP(=O)([O-])CCc1ccccc1)C(=O)N1CCC[C@H]1C(=O)[O-].[Na+].[Na+]. The van der Waals surface area contributed by atoms with Gasteiger partial charge in [0, 0.05) is 12.7 Å². The Balaban J connectivity index is 0.00000312. The van der Waals surface area contributed by atoms with Crippen LogP contribution in [0.3, 0.4) is 0 Å². The summed E-state index contributed by atoms with van der Waals surface area (Å²) in [7, 11) is -3.96. The van der Waals surface area contributed by atoms with E-state index in [4.69, 9.17) is 0 Å². The minimum atomic E-state index is -3.96. The zero-order valence-corrected chi connectivity index (χ0v) is 20.4. The van der Waals surface area contributed by atoms with E-state index in [2.05, 4.69) is 5.09 Å². The van der Waals surface area contributed by atoms with Gasteiger partial charge in [-0.1, -0.05) is 30.3 Å². The third-order valence-corrected chi connectivity index (χ3v) is 5.70. The molecule has 0 spiro atoms. The van der Waals surface area contributed by atoms with Crippen LogP contribution < -0.4 is 74.2 Å². The molecule has 2 rings (SSSR count). The predicted molar refractivity (Wildman–Crippen MR) is 85.0 cm³/mol. The summed E-state index contributed by atoms with van der Waals surface area (Å²) in [5, 5.41) is 13.4. The fraction of sp³-hybridized carbons (Fsp3) is 0.500. The molecule has 3 atom stereocenters. The van der Waals surface area contributed by atoms with Gasteiger partial charge in [-0.3, -0.25) is 9.88 Å². The van der Waals surface area contributed by atoms with Gasteiger partial charge >= 0.3 is 59.1 Å². The number of amides is 1. The Morgan fingerprint density at radius 1 is 1.31 bits per heavy atom. The molecule has 1 amide bonds. The first kappa shape index (κ1) is 26.3. The number of aliphatic carboxylic acids is 1. The molecule has 10 heteroatoms. The summed E-state index contributed by atoms with van der Waals surface area (Å²) >= 11 is 0. The largest absolute Gasteiger partial charge is 1.00 e. The number of carboxylic acids is 1. The Morgan fingerprint density at radius 2 is 1.92 bits per heavy atom. The van der Waals surface area contributed by atoms with Crippen LogP contribution in [0.5, 0.6) is 0 Å². The van der Waals surface area contributed by atoms with E-state index in [0.717, 1.165) is 5.56 Å². The van der Waals surface area contributed by atoms with Crippen molar-refractivity contribution < 1.29 is 83.3 Å². The molecule has 1 aromatic rings. The van der Waals surface area contributed by atoms with E-state index >= 15 is 0 Å².